The monoisotopic (exact) mass is 573 g/mol. The molecule has 0 saturated carbocycles. The average molecular weight is 574 g/mol. The van der Waals surface area contributed by atoms with Crippen molar-refractivity contribution >= 4 is 29.4 Å². The summed E-state index contributed by atoms with van der Waals surface area (Å²) in [5.41, 5.74) is 4.62. The molecule has 2 aliphatic rings. The van der Waals surface area contributed by atoms with Crippen LogP contribution in [-0.4, -0.2) is 85.0 Å². The number of aliphatic hydroxyl groups excluding tert-OH is 2. The fourth-order valence-corrected chi connectivity index (χ4v) is 4.85. The predicted octanol–water partition coefficient (Wildman–Crippen LogP) is 1.79. The fourth-order valence-electron chi connectivity index (χ4n) is 4.65. The molecule has 5 rings (SSSR count). The van der Waals surface area contributed by atoms with Crippen LogP contribution in [0.2, 0.25) is 5.02 Å². The minimum absolute atomic E-state index is 0.0725. The quantitative estimate of drug-likeness (QED) is 0.282. The van der Waals surface area contributed by atoms with Gasteiger partial charge in [0.1, 0.15) is 29.5 Å². The Morgan fingerprint density at radius 1 is 1.30 bits per heavy atom. The number of aromatic nitrogens is 3. The Labute approximate surface area is 234 Å². The smallest absolute Gasteiger partial charge is 0.271 e. The Bertz CT molecular complexity index is 1440. The number of hydrogen-bond donors (Lipinski definition) is 4. The number of carbonyl (C=O) groups is 2. The number of nitrogens with one attached hydrogen (secondary N) is 2. The highest BCUT2D eigenvalue weighted by Gasteiger charge is 2.43. The summed E-state index contributed by atoms with van der Waals surface area (Å²) >= 11 is 6.38. The Morgan fingerprint density at radius 2 is 2.05 bits per heavy atom. The topological polar surface area (TPSA) is 145 Å². The molecule has 4 heterocycles. The molecule has 2 aliphatic heterocycles. The molecule has 212 valence electrons. The Kier molecular flexibility index (Phi) is 7.64. The van der Waals surface area contributed by atoms with Crippen molar-refractivity contribution in [2.75, 3.05) is 25.7 Å². The van der Waals surface area contributed by atoms with Gasteiger partial charge in [-0.05, 0) is 37.6 Å². The lowest BCUT2D eigenvalue weighted by Gasteiger charge is -2.33. The van der Waals surface area contributed by atoms with Crippen molar-refractivity contribution in [3.63, 3.8) is 0 Å². The SMILES string of the molecule is COc1cc(F)cc([C@@H](CO)NC(=O)[C@@H](C)N2CCn3cc(-c4nc(NN5[C@@H](C)[C@@H]5O)ncc4Cl)cc3C2=O)c1. The molecule has 1 unspecified atom stereocenters. The van der Waals surface area contributed by atoms with E-state index in [-0.39, 0.29) is 35.2 Å². The van der Waals surface area contributed by atoms with Crippen LogP contribution in [0.1, 0.15) is 35.9 Å². The first-order valence-electron chi connectivity index (χ1n) is 12.6. The first kappa shape index (κ1) is 27.8. The molecule has 3 aromatic rings. The highest BCUT2D eigenvalue weighted by atomic mass is 35.5. The number of methoxy groups -OCH3 is 1. The second-order valence-electron chi connectivity index (χ2n) is 9.71. The maximum atomic E-state index is 14.0. The van der Waals surface area contributed by atoms with Gasteiger partial charge in [0.25, 0.3) is 5.91 Å². The Balaban J connectivity index is 1.31. The van der Waals surface area contributed by atoms with Gasteiger partial charge in [-0.2, -0.15) is 5.01 Å². The van der Waals surface area contributed by atoms with Gasteiger partial charge in [-0.15, -0.1) is 0 Å². The molecule has 12 nitrogen and oxygen atoms in total. The van der Waals surface area contributed by atoms with Gasteiger partial charge in [0, 0.05) is 30.9 Å². The Hall–Kier alpha value is -3.78. The molecule has 2 aromatic heterocycles. The highest BCUT2D eigenvalue weighted by Crippen LogP contribution is 2.31. The van der Waals surface area contributed by atoms with Gasteiger partial charge in [-0.25, -0.2) is 14.4 Å². The summed E-state index contributed by atoms with van der Waals surface area (Å²) in [4.78, 5) is 36.6. The number of benzene rings is 1. The molecule has 0 aliphatic carbocycles. The minimum atomic E-state index is -0.895. The molecule has 14 heteroatoms. The third kappa shape index (κ3) is 5.32. The van der Waals surface area contributed by atoms with E-state index in [1.807, 2.05) is 6.92 Å². The van der Waals surface area contributed by atoms with Crippen LogP contribution >= 0.6 is 11.6 Å². The molecular formula is C26H29ClFN7O5. The lowest BCUT2D eigenvalue weighted by molar-refractivity contribution is -0.126. The van der Waals surface area contributed by atoms with E-state index in [0.29, 0.717) is 29.1 Å². The third-order valence-electron chi connectivity index (χ3n) is 7.15. The highest BCUT2D eigenvalue weighted by molar-refractivity contribution is 6.33. The van der Waals surface area contributed by atoms with E-state index in [9.17, 15) is 24.2 Å². The number of anilines is 1. The van der Waals surface area contributed by atoms with Gasteiger partial charge in [0.2, 0.25) is 11.9 Å². The molecule has 0 radical (unpaired) electrons. The number of hydrogen-bond acceptors (Lipinski definition) is 9. The first-order chi connectivity index (χ1) is 19.1. The maximum absolute atomic E-state index is 14.0. The number of ether oxygens (including phenoxy) is 1. The second kappa shape index (κ2) is 11.0. The molecule has 40 heavy (non-hydrogen) atoms. The predicted molar refractivity (Wildman–Crippen MR) is 143 cm³/mol. The van der Waals surface area contributed by atoms with Crippen LogP contribution in [0.5, 0.6) is 5.75 Å². The summed E-state index contributed by atoms with van der Waals surface area (Å²) in [6.45, 7) is 3.65. The van der Waals surface area contributed by atoms with Crippen LogP contribution < -0.4 is 15.5 Å². The molecule has 1 aromatic carbocycles. The zero-order valence-corrected chi connectivity index (χ0v) is 22.8. The van der Waals surface area contributed by atoms with Gasteiger partial charge < -0.3 is 29.7 Å². The summed E-state index contributed by atoms with van der Waals surface area (Å²) in [5.74, 6) is -0.932. The number of amides is 2. The zero-order valence-electron chi connectivity index (χ0n) is 22.0. The number of nitrogens with zero attached hydrogens (tertiary/aromatic N) is 5. The van der Waals surface area contributed by atoms with Crippen molar-refractivity contribution in [2.24, 2.45) is 0 Å². The van der Waals surface area contributed by atoms with E-state index >= 15 is 0 Å². The van der Waals surface area contributed by atoms with Crippen LogP contribution in [0.3, 0.4) is 0 Å². The summed E-state index contributed by atoms with van der Waals surface area (Å²) in [5, 5.41) is 24.2. The van der Waals surface area contributed by atoms with E-state index in [1.54, 1.807) is 28.8 Å². The lowest BCUT2D eigenvalue weighted by atomic mass is 10.1. The molecule has 1 saturated heterocycles. The van der Waals surface area contributed by atoms with Gasteiger partial charge in [0.05, 0.1) is 42.7 Å². The average Bonchev–Trinajstić information content (AvgIpc) is 3.29. The van der Waals surface area contributed by atoms with Crippen molar-refractivity contribution in [2.45, 2.75) is 44.7 Å². The van der Waals surface area contributed by atoms with E-state index in [4.69, 9.17) is 16.3 Å². The van der Waals surface area contributed by atoms with Crippen molar-refractivity contribution in [3.8, 4) is 17.0 Å². The van der Waals surface area contributed by atoms with Crippen LogP contribution in [0.25, 0.3) is 11.3 Å². The maximum Gasteiger partial charge on any atom is 0.271 e. The molecule has 1 fully saturated rings. The van der Waals surface area contributed by atoms with Gasteiger partial charge in [0.15, 0.2) is 0 Å². The summed E-state index contributed by atoms with van der Waals surface area (Å²) in [6, 6.07) is 3.74. The molecule has 0 bridgehead atoms. The Morgan fingerprint density at radius 3 is 2.73 bits per heavy atom. The molecular weight excluding hydrogens is 545 g/mol. The van der Waals surface area contributed by atoms with Crippen molar-refractivity contribution in [3.05, 3.63) is 58.8 Å². The van der Waals surface area contributed by atoms with Crippen molar-refractivity contribution in [1.29, 1.82) is 0 Å². The number of hydrazine groups is 1. The molecule has 2 amide bonds. The van der Waals surface area contributed by atoms with Crippen LogP contribution in [0.4, 0.5) is 10.3 Å². The second-order valence-corrected chi connectivity index (χ2v) is 10.1. The van der Waals surface area contributed by atoms with Crippen LogP contribution in [-0.2, 0) is 11.3 Å². The largest absolute Gasteiger partial charge is 0.497 e. The third-order valence-corrected chi connectivity index (χ3v) is 7.42. The number of fused-ring (bicyclic) bond motifs is 1. The number of carbonyl (C=O) groups excluding carboxylic acids is 2. The fraction of sp³-hybridized carbons (Fsp3) is 0.385. The van der Waals surface area contributed by atoms with E-state index < -0.39 is 36.6 Å². The summed E-state index contributed by atoms with van der Waals surface area (Å²) in [6.07, 6.45) is 2.58. The standard InChI is InChI=1S/C26H29ClFN7O5/c1-13(23(37)30-20(12-36)15-6-17(28)9-18(7-15)40-3)34-5-4-33-11-16(8-21(33)25(34)39)22-19(27)10-29-26(31-22)32-35-14(2)24(35)38/h6-11,13-14,20,24,36,38H,4-5,12H2,1-3H3,(H,30,37)(H,29,31,32)/t13-,14+,20-,24+,35?/m1/s1. The van der Waals surface area contributed by atoms with Crippen molar-refractivity contribution in [1.82, 2.24) is 29.8 Å². The van der Waals surface area contributed by atoms with Crippen molar-refractivity contribution < 1.29 is 28.9 Å². The number of rotatable bonds is 9. The molecule has 5 atom stereocenters. The van der Waals surface area contributed by atoms with E-state index in [0.717, 1.165) is 0 Å². The molecule has 4 N–H and O–H groups in total. The summed E-state index contributed by atoms with van der Waals surface area (Å²) in [7, 11) is 1.39. The van der Waals surface area contributed by atoms with Gasteiger partial charge in [-0.3, -0.25) is 15.0 Å². The minimum Gasteiger partial charge on any atom is -0.497 e. The van der Waals surface area contributed by atoms with E-state index in [1.165, 1.54) is 36.4 Å². The van der Waals surface area contributed by atoms with Crippen LogP contribution in [0, 0.1) is 5.82 Å². The lowest BCUT2D eigenvalue weighted by Crippen LogP contribution is -2.52. The van der Waals surface area contributed by atoms with E-state index in [2.05, 4.69) is 20.7 Å². The summed E-state index contributed by atoms with van der Waals surface area (Å²) < 4.78 is 20.8. The number of aliphatic hydroxyl groups is 2. The normalized spacial score (nSPS) is 21.4. The zero-order chi connectivity index (χ0) is 28.7. The molecule has 0 spiro atoms. The first-order valence-corrected chi connectivity index (χ1v) is 13.0. The van der Waals surface area contributed by atoms with Gasteiger partial charge >= 0.3 is 0 Å². The number of halogens is 2. The van der Waals surface area contributed by atoms with Gasteiger partial charge in [-0.1, -0.05) is 11.6 Å². The van der Waals surface area contributed by atoms with Crippen LogP contribution in [0.15, 0.2) is 36.7 Å².